The molecule has 1 N–H and O–H groups in total. The normalized spacial score (nSPS) is 10.2. The van der Waals surface area contributed by atoms with Gasteiger partial charge in [0.15, 0.2) is 0 Å². The molecule has 3 nitrogen and oxygen atoms in total. The number of rotatable bonds is 3. The van der Waals surface area contributed by atoms with E-state index in [1.807, 2.05) is 32.0 Å². The molecule has 1 rings (SSSR count). The summed E-state index contributed by atoms with van der Waals surface area (Å²) in [5.41, 5.74) is 0.694. The maximum atomic E-state index is 11.5. The van der Waals surface area contributed by atoms with Crippen molar-refractivity contribution in [2.24, 2.45) is 5.92 Å². The van der Waals surface area contributed by atoms with Crippen LogP contribution in [-0.2, 0) is 4.79 Å². The number of anilines is 1. The number of nitrogens with one attached hydrogen (secondary N) is 1. The Labute approximate surface area is 97.9 Å². The van der Waals surface area contributed by atoms with Gasteiger partial charge in [0.05, 0.1) is 12.8 Å². The molecule has 1 aromatic rings. The van der Waals surface area contributed by atoms with Gasteiger partial charge in [0.2, 0.25) is 5.91 Å². The third kappa shape index (κ3) is 3.23. The second-order valence-corrected chi connectivity index (χ2v) is 4.40. The first-order valence-corrected chi connectivity index (χ1v) is 5.48. The highest BCUT2D eigenvalue weighted by Gasteiger charge is 2.10. The summed E-state index contributed by atoms with van der Waals surface area (Å²) in [6, 6.07) is 5.48. The molecule has 15 heavy (non-hydrogen) atoms. The fourth-order valence-electron chi connectivity index (χ4n) is 1.05. The van der Waals surface area contributed by atoms with Crippen LogP contribution >= 0.6 is 15.9 Å². The first-order chi connectivity index (χ1) is 7.04. The van der Waals surface area contributed by atoms with Crippen LogP contribution in [0.3, 0.4) is 0 Å². The summed E-state index contributed by atoms with van der Waals surface area (Å²) in [4.78, 5) is 11.5. The number of ether oxygens (including phenoxy) is 1. The van der Waals surface area contributed by atoms with Gasteiger partial charge >= 0.3 is 0 Å². The van der Waals surface area contributed by atoms with Gasteiger partial charge in [-0.25, -0.2) is 0 Å². The van der Waals surface area contributed by atoms with Gasteiger partial charge in [-0.1, -0.05) is 29.8 Å². The van der Waals surface area contributed by atoms with Crippen molar-refractivity contribution in [1.82, 2.24) is 0 Å². The number of amides is 1. The Morgan fingerprint density at radius 3 is 2.67 bits per heavy atom. The molecule has 82 valence electrons. The number of methoxy groups -OCH3 is 1. The molecule has 0 spiro atoms. The molecule has 0 atom stereocenters. The Morgan fingerprint density at radius 1 is 1.47 bits per heavy atom. The van der Waals surface area contributed by atoms with Gasteiger partial charge in [0, 0.05) is 10.4 Å². The van der Waals surface area contributed by atoms with Gasteiger partial charge in [0.25, 0.3) is 0 Å². The SMILES string of the molecule is COc1cc(Br)ccc1NC(=O)C(C)C. The number of hydrogen-bond acceptors (Lipinski definition) is 2. The molecule has 1 amide bonds. The van der Waals surface area contributed by atoms with E-state index in [0.717, 1.165) is 4.47 Å². The third-order valence-corrected chi connectivity index (χ3v) is 2.44. The lowest BCUT2D eigenvalue weighted by Crippen LogP contribution is -2.18. The zero-order valence-electron chi connectivity index (χ0n) is 9.00. The van der Waals surface area contributed by atoms with Crippen molar-refractivity contribution in [2.45, 2.75) is 13.8 Å². The Kier molecular flexibility index (Phi) is 4.15. The molecule has 4 heteroatoms. The number of carbonyl (C=O) groups excluding carboxylic acids is 1. The van der Waals surface area contributed by atoms with Crippen molar-refractivity contribution in [3.8, 4) is 5.75 Å². The summed E-state index contributed by atoms with van der Waals surface area (Å²) in [5.74, 6) is 0.590. The summed E-state index contributed by atoms with van der Waals surface area (Å²) in [7, 11) is 1.58. The first kappa shape index (κ1) is 12.0. The number of halogens is 1. The van der Waals surface area contributed by atoms with Crippen LogP contribution in [0.4, 0.5) is 5.69 Å². The summed E-state index contributed by atoms with van der Waals surface area (Å²) < 4.78 is 6.08. The molecule has 0 aliphatic heterocycles. The first-order valence-electron chi connectivity index (χ1n) is 4.69. The average molecular weight is 272 g/mol. The highest BCUT2D eigenvalue weighted by Crippen LogP contribution is 2.28. The van der Waals surface area contributed by atoms with Gasteiger partial charge in [-0.05, 0) is 18.2 Å². The second kappa shape index (κ2) is 5.16. The van der Waals surface area contributed by atoms with Crippen LogP contribution < -0.4 is 10.1 Å². The zero-order chi connectivity index (χ0) is 11.4. The van der Waals surface area contributed by atoms with E-state index in [9.17, 15) is 4.79 Å². The van der Waals surface area contributed by atoms with Crippen molar-refractivity contribution >= 4 is 27.5 Å². The maximum Gasteiger partial charge on any atom is 0.227 e. The average Bonchev–Trinajstić information content (AvgIpc) is 2.20. The molecule has 1 aromatic carbocycles. The molecule has 0 aromatic heterocycles. The predicted molar refractivity (Wildman–Crippen MR) is 64.2 cm³/mol. The highest BCUT2D eigenvalue weighted by atomic mass is 79.9. The van der Waals surface area contributed by atoms with Crippen LogP contribution in [0.25, 0.3) is 0 Å². The third-order valence-electron chi connectivity index (χ3n) is 1.95. The monoisotopic (exact) mass is 271 g/mol. The summed E-state index contributed by atoms with van der Waals surface area (Å²) in [6.07, 6.45) is 0. The summed E-state index contributed by atoms with van der Waals surface area (Å²) in [5, 5.41) is 2.80. The van der Waals surface area contributed by atoms with E-state index in [-0.39, 0.29) is 11.8 Å². The van der Waals surface area contributed by atoms with Crippen LogP contribution in [0.15, 0.2) is 22.7 Å². The minimum Gasteiger partial charge on any atom is -0.495 e. The Bertz CT molecular complexity index is 364. The molecule has 0 heterocycles. The van der Waals surface area contributed by atoms with E-state index < -0.39 is 0 Å². The van der Waals surface area contributed by atoms with Crippen molar-refractivity contribution in [3.05, 3.63) is 22.7 Å². The van der Waals surface area contributed by atoms with Crippen molar-refractivity contribution in [2.75, 3.05) is 12.4 Å². The molecular formula is C11H14BrNO2. The second-order valence-electron chi connectivity index (χ2n) is 3.49. The number of benzene rings is 1. The lowest BCUT2D eigenvalue weighted by atomic mass is 10.2. The fraction of sp³-hybridized carbons (Fsp3) is 0.364. The zero-order valence-corrected chi connectivity index (χ0v) is 10.6. The van der Waals surface area contributed by atoms with Gasteiger partial charge in [0.1, 0.15) is 5.75 Å². The standard InChI is InChI=1S/C11H14BrNO2/c1-7(2)11(14)13-9-5-4-8(12)6-10(9)15-3/h4-7H,1-3H3,(H,13,14). The van der Waals surface area contributed by atoms with Crippen LogP contribution in [0.1, 0.15) is 13.8 Å². The van der Waals surface area contributed by atoms with E-state index in [2.05, 4.69) is 21.2 Å². The smallest absolute Gasteiger partial charge is 0.227 e. The lowest BCUT2D eigenvalue weighted by Gasteiger charge is -2.11. The minimum atomic E-state index is -0.0432. The lowest BCUT2D eigenvalue weighted by molar-refractivity contribution is -0.118. The van der Waals surface area contributed by atoms with Crippen LogP contribution in [0, 0.1) is 5.92 Å². The molecule has 0 aliphatic carbocycles. The van der Waals surface area contributed by atoms with E-state index in [4.69, 9.17) is 4.74 Å². The van der Waals surface area contributed by atoms with E-state index in [1.165, 1.54) is 0 Å². The molecule has 0 unspecified atom stereocenters. The van der Waals surface area contributed by atoms with Gasteiger partial charge in [-0.2, -0.15) is 0 Å². The number of hydrogen-bond donors (Lipinski definition) is 1. The van der Waals surface area contributed by atoms with Gasteiger partial charge < -0.3 is 10.1 Å². The maximum absolute atomic E-state index is 11.5. The fourth-order valence-corrected chi connectivity index (χ4v) is 1.39. The summed E-state index contributed by atoms with van der Waals surface area (Å²) in [6.45, 7) is 3.70. The quantitative estimate of drug-likeness (QED) is 0.918. The van der Waals surface area contributed by atoms with Crippen LogP contribution in [0.2, 0.25) is 0 Å². The van der Waals surface area contributed by atoms with Crippen molar-refractivity contribution < 1.29 is 9.53 Å². The van der Waals surface area contributed by atoms with Gasteiger partial charge in [-0.15, -0.1) is 0 Å². The molecule has 0 saturated carbocycles. The van der Waals surface area contributed by atoms with Crippen LogP contribution in [-0.4, -0.2) is 13.0 Å². The largest absolute Gasteiger partial charge is 0.495 e. The molecular weight excluding hydrogens is 258 g/mol. The highest BCUT2D eigenvalue weighted by molar-refractivity contribution is 9.10. The molecule has 0 aliphatic rings. The Morgan fingerprint density at radius 2 is 2.13 bits per heavy atom. The summed E-state index contributed by atoms with van der Waals surface area (Å²) >= 11 is 3.34. The molecule has 0 fully saturated rings. The molecule has 0 saturated heterocycles. The Balaban J connectivity index is 2.89. The molecule has 0 radical (unpaired) electrons. The van der Waals surface area contributed by atoms with E-state index in [1.54, 1.807) is 7.11 Å². The van der Waals surface area contributed by atoms with E-state index >= 15 is 0 Å². The predicted octanol–water partition coefficient (Wildman–Crippen LogP) is 3.05. The number of carbonyl (C=O) groups is 1. The van der Waals surface area contributed by atoms with Crippen LogP contribution in [0.5, 0.6) is 5.75 Å². The van der Waals surface area contributed by atoms with Crippen molar-refractivity contribution in [3.63, 3.8) is 0 Å². The topological polar surface area (TPSA) is 38.3 Å². The molecule has 0 bridgehead atoms. The van der Waals surface area contributed by atoms with Crippen molar-refractivity contribution in [1.29, 1.82) is 0 Å². The minimum absolute atomic E-state index is 0.0179. The van der Waals surface area contributed by atoms with Gasteiger partial charge in [-0.3, -0.25) is 4.79 Å². The van der Waals surface area contributed by atoms with E-state index in [0.29, 0.717) is 11.4 Å². The Hall–Kier alpha value is -1.03.